The Hall–Kier alpha value is -3.29. The molecule has 0 heterocycles. The van der Waals surface area contributed by atoms with Crippen LogP contribution in [0.1, 0.15) is 30.9 Å². The van der Waals surface area contributed by atoms with E-state index >= 15 is 0 Å². The van der Waals surface area contributed by atoms with E-state index in [4.69, 9.17) is 16.4 Å². The number of benzene rings is 1. The Morgan fingerprint density at radius 3 is 2.52 bits per heavy atom. The molecule has 0 bridgehead atoms. The lowest BCUT2D eigenvalue weighted by Crippen LogP contribution is -2.38. The fourth-order valence-electron chi connectivity index (χ4n) is 2.65. The monoisotopic (exact) mass is 369 g/mol. The summed E-state index contributed by atoms with van der Waals surface area (Å²) in [6.45, 7) is 2.21. The van der Waals surface area contributed by atoms with Gasteiger partial charge in [0.1, 0.15) is 0 Å². The minimum Gasteiger partial charge on any atom is -0.481 e. The molecule has 1 aromatic rings. The van der Waals surface area contributed by atoms with E-state index in [0.717, 1.165) is 11.1 Å². The first kappa shape index (κ1) is 20.0. The van der Waals surface area contributed by atoms with E-state index in [0.29, 0.717) is 25.0 Å². The average Bonchev–Trinajstić information content (AvgIpc) is 2.66. The molecule has 0 fully saturated rings. The fraction of sp³-hybridized carbons (Fsp3) is 0.316. The third-order valence-corrected chi connectivity index (χ3v) is 4.43. The molecule has 0 radical (unpaired) electrons. The van der Waals surface area contributed by atoms with E-state index < -0.39 is 11.4 Å². The van der Waals surface area contributed by atoms with Crippen LogP contribution in [-0.2, 0) is 22.6 Å². The van der Waals surface area contributed by atoms with E-state index in [1.54, 1.807) is 18.2 Å². The van der Waals surface area contributed by atoms with Gasteiger partial charge in [-0.2, -0.15) is 0 Å². The van der Waals surface area contributed by atoms with E-state index in [9.17, 15) is 9.59 Å². The summed E-state index contributed by atoms with van der Waals surface area (Å²) in [6.07, 6.45) is 6.23. The molecular weight excluding hydrogens is 346 g/mol. The van der Waals surface area contributed by atoms with Crippen molar-refractivity contribution >= 4 is 17.7 Å². The fourth-order valence-corrected chi connectivity index (χ4v) is 2.65. The van der Waals surface area contributed by atoms with Crippen molar-refractivity contribution in [2.45, 2.75) is 32.7 Å². The van der Waals surface area contributed by atoms with Gasteiger partial charge in [-0.1, -0.05) is 47.7 Å². The normalized spacial score (nSPS) is 18.9. The van der Waals surface area contributed by atoms with Gasteiger partial charge in [0.05, 0.1) is 5.41 Å². The van der Waals surface area contributed by atoms with Gasteiger partial charge in [-0.05, 0) is 30.9 Å². The molecule has 0 aromatic heterocycles. The van der Waals surface area contributed by atoms with Gasteiger partial charge >= 0.3 is 5.97 Å². The number of allylic oxidation sites excluding steroid dienone is 1. The van der Waals surface area contributed by atoms with Crippen LogP contribution in [0.15, 0.2) is 58.4 Å². The first-order chi connectivity index (χ1) is 12.8. The smallest absolute Gasteiger partial charge is 0.303 e. The number of amides is 1. The van der Waals surface area contributed by atoms with Crippen LogP contribution in [0.2, 0.25) is 0 Å². The van der Waals surface area contributed by atoms with Crippen LogP contribution in [0.3, 0.4) is 0 Å². The Kier molecular flexibility index (Phi) is 6.59. The molecule has 1 aliphatic rings. The number of rotatable bonds is 7. The lowest BCUT2D eigenvalue weighted by atomic mass is 9.81. The molecule has 27 heavy (non-hydrogen) atoms. The Morgan fingerprint density at radius 1 is 1.30 bits per heavy atom. The second-order valence-electron chi connectivity index (χ2n) is 6.57. The van der Waals surface area contributed by atoms with Crippen molar-refractivity contribution in [3.63, 3.8) is 0 Å². The first-order valence-electron chi connectivity index (χ1n) is 8.51. The second-order valence-corrected chi connectivity index (χ2v) is 6.57. The lowest BCUT2D eigenvalue weighted by molar-refractivity contribution is -0.137. The molecule has 142 valence electrons. The molecule has 1 unspecified atom stereocenters. The van der Waals surface area contributed by atoms with Gasteiger partial charge in [0, 0.05) is 18.5 Å². The van der Waals surface area contributed by atoms with E-state index in [1.807, 2.05) is 31.2 Å². The Bertz CT molecular complexity index is 811. The molecule has 8 heteroatoms. The molecule has 8 nitrogen and oxygen atoms in total. The number of amidine groups is 1. The highest BCUT2D eigenvalue weighted by atomic mass is 16.4. The summed E-state index contributed by atoms with van der Waals surface area (Å²) in [5, 5.41) is 25.9. The summed E-state index contributed by atoms with van der Waals surface area (Å²) in [4.78, 5) is 23.2. The molecule has 0 saturated carbocycles. The van der Waals surface area contributed by atoms with Gasteiger partial charge in [0.2, 0.25) is 5.91 Å². The predicted molar refractivity (Wildman–Crippen MR) is 101 cm³/mol. The zero-order chi connectivity index (χ0) is 19.9. The van der Waals surface area contributed by atoms with Gasteiger partial charge in [-0.15, -0.1) is 5.11 Å². The number of aryl methyl sites for hydroxylation is 1. The lowest BCUT2D eigenvalue weighted by Gasteiger charge is -2.26. The number of carboxylic acids is 1. The van der Waals surface area contributed by atoms with Gasteiger partial charge in [0.15, 0.2) is 5.84 Å². The molecule has 1 aliphatic carbocycles. The van der Waals surface area contributed by atoms with Crippen molar-refractivity contribution in [2.75, 3.05) is 0 Å². The van der Waals surface area contributed by atoms with Crippen LogP contribution < -0.4 is 11.2 Å². The number of aliphatic carboxylic acids is 1. The highest BCUT2D eigenvalue weighted by Crippen LogP contribution is 2.30. The van der Waals surface area contributed by atoms with Crippen molar-refractivity contribution < 1.29 is 14.7 Å². The number of nitrogens with one attached hydrogen (secondary N) is 2. The van der Waals surface area contributed by atoms with Gasteiger partial charge in [-0.25, -0.2) is 0 Å². The number of carboxylic acid groups (broad SMARTS) is 1. The van der Waals surface area contributed by atoms with Gasteiger partial charge < -0.3 is 16.3 Å². The van der Waals surface area contributed by atoms with Crippen molar-refractivity contribution in [1.29, 1.82) is 5.41 Å². The average molecular weight is 369 g/mol. The molecule has 5 N–H and O–H groups in total. The Balaban J connectivity index is 1.89. The van der Waals surface area contributed by atoms with Crippen LogP contribution in [0.5, 0.6) is 0 Å². The summed E-state index contributed by atoms with van der Waals surface area (Å²) in [5.41, 5.74) is 1.76. The third kappa shape index (κ3) is 5.60. The topological polar surface area (TPSA) is 141 Å². The number of hydrogen-bond acceptors (Lipinski definition) is 4. The molecule has 0 spiro atoms. The van der Waals surface area contributed by atoms with Crippen LogP contribution in [0.4, 0.5) is 0 Å². The maximum absolute atomic E-state index is 12.6. The number of hydrogen-bond donors (Lipinski definition) is 4. The van der Waals surface area contributed by atoms with Gasteiger partial charge in [0.25, 0.3) is 0 Å². The largest absolute Gasteiger partial charge is 0.481 e. The Labute approximate surface area is 157 Å². The van der Waals surface area contributed by atoms with Crippen LogP contribution in [-0.4, -0.2) is 22.8 Å². The maximum atomic E-state index is 12.6. The minimum atomic E-state index is -0.821. The number of nitrogens with two attached hydrogens (primary N) is 1. The van der Waals surface area contributed by atoms with Crippen molar-refractivity contribution in [3.05, 3.63) is 59.2 Å². The summed E-state index contributed by atoms with van der Waals surface area (Å²) in [7, 11) is 0. The third-order valence-electron chi connectivity index (χ3n) is 4.43. The molecule has 1 aromatic carbocycles. The first-order valence-corrected chi connectivity index (χ1v) is 8.51. The van der Waals surface area contributed by atoms with E-state index in [-0.39, 0.29) is 18.2 Å². The quantitative estimate of drug-likeness (QED) is 0.193. The van der Waals surface area contributed by atoms with Crippen LogP contribution in [0.25, 0.3) is 0 Å². The minimum absolute atomic E-state index is 0.0424. The maximum Gasteiger partial charge on any atom is 0.303 e. The molecule has 0 aliphatic heterocycles. The van der Waals surface area contributed by atoms with E-state index in [2.05, 4.69) is 15.7 Å². The SMILES string of the molecule is CC1(C(=O)NCc2ccc(CCC(=O)O)cc2)C=CC(C(=N)N=NN)=CC1. The van der Waals surface area contributed by atoms with E-state index in [1.165, 1.54) is 0 Å². The summed E-state index contributed by atoms with van der Waals surface area (Å²) in [6, 6.07) is 7.51. The van der Waals surface area contributed by atoms with Crippen molar-refractivity contribution in [1.82, 2.24) is 5.32 Å². The molecule has 0 saturated heterocycles. The molecule has 1 atom stereocenters. The summed E-state index contributed by atoms with van der Waals surface area (Å²) >= 11 is 0. The molecule has 1 amide bonds. The Morgan fingerprint density at radius 2 is 1.96 bits per heavy atom. The van der Waals surface area contributed by atoms with Crippen molar-refractivity contribution in [2.24, 2.45) is 21.6 Å². The number of nitrogens with zero attached hydrogens (tertiary/aromatic N) is 2. The van der Waals surface area contributed by atoms with Crippen LogP contribution in [0, 0.1) is 10.8 Å². The molecular formula is C19H23N5O3. The van der Waals surface area contributed by atoms with Crippen molar-refractivity contribution in [3.8, 4) is 0 Å². The number of carbonyl (C=O) groups excluding carboxylic acids is 1. The predicted octanol–water partition coefficient (Wildman–Crippen LogP) is 2.52. The zero-order valence-corrected chi connectivity index (χ0v) is 15.1. The van der Waals surface area contributed by atoms with Gasteiger partial charge in [-0.3, -0.25) is 15.0 Å². The molecule has 2 rings (SSSR count). The van der Waals surface area contributed by atoms with Crippen LogP contribution >= 0.6 is 0 Å². The summed E-state index contributed by atoms with van der Waals surface area (Å²) in [5.74, 6) is 3.97. The highest BCUT2D eigenvalue weighted by Gasteiger charge is 2.31. The highest BCUT2D eigenvalue weighted by molar-refractivity contribution is 5.99. The standard InChI is InChI=1S/C19H23N5O3/c1-19(10-8-15(9-11-19)17(20)23-24-21)18(27)22-12-14-4-2-13(3-5-14)6-7-16(25)26/h2-5,8-10H,6-7,11-12H2,1H3,(H,22,27)(H,25,26)(H3,20,21,23). The number of carbonyl (C=O) groups is 2. The second kappa shape index (κ2) is 8.88. The zero-order valence-electron chi connectivity index (χ0n) is 15.1. The summed E-state index contributed by atoms with van der Waals surface area (Å²) < 4.78 is 0.